The first-order valence-electron chi connectivity index (χ1n) is 7.21. The van der Waals surface area contributed by atoms with Gasteiger partial charge in [-0.05, 0) is 57.4 Å². The molecule has 1 aromatic rings. The molecule has 1 amide bonds. The number of carbonyl (C=O) groups excluding carboxylic acids is 1. The standard InChI is InChI=1S/C16H26N2O3/c1-12-6-7-14(10-13(12)11-17)20-9-5-8-18-15(19)21-16(2,3)4/h6-7,10H,5,8-9,11,17H2,1-4H3,(H,18,19). The highest BCUT2D eigenvalue weighted by Crippen LogP contribution is 2.17. The topological polar surface area (TPSA) is 73.6 Å². The Hall–Kier alpha value is -1.75. The van der Waals surface area contributed by atoms with Crippen LogP contribution in [0.1, 0.15) is 38.3 Å². The van der Waals surface area contributed by atoms with Crippen LogP contribution in [-0.2, 0) is 11.3 Å². The fraction of sp³-hybridized carbons (Fsp3) is 0.562. The molecule has 0 bridgehead atoms. The molecule has 0 atom stereocenters. The van der Waals surface area contributed by atoms with Gasteiger partial charge in [0.2, 0.25) is 0 Å². The molecule has 5 nitrogen and oxygen atoms in total. The number of alkyl carbamates (subject to hydrolysis) is 1. The summed E-state index contributed by atoms with van der Waals surface area (Å²) in [6, 6.07) is 5.88. The van der Waals surface area contributed by atoms with E-state index < -0.39 is 11.7 Å². The van der Waals surface area contributed by atoms with Gasteiger partial charge in [0, 0.05) is 13.1 Å². The van der Waals surface area contributed by atoms with Crippen LogP contribution in [0.3, 0.4) is 0 Å². The summed E-state index contributed by atoms with van der Waals surface area (Å²) in [4.78, 5) is 11.4. The maximum atomic E-state index is 11.4. The number of nitrogens with one attached hydrogen (secondary N) is 1. The summed E-state index contributed by atoms with van der Waals surface area (Å²) in [6.07, 6.45) is 0.314. The van der Waals surface area contributed by atoms with E-state index >= 15 is 0 Å². The maximum absolute atomic E-state index is 11.4. The van der Waals surface area contributed by atoms with Crippen molar-refractivity contribution in [1.82, 2.24) is 5.32 Å². The Labute approximate surface area is 126 Å². The number of hydrogen-bond acceptors (Lipinski definition) is 4. The van der Waals surface area contributed by atoms with Crippen LogP contribution in [0, 0.1) is 6.92 Å². The van der Waals surface area contributed by atoms with Crippen LogP contribution in [0.4, 0.5) is 4.79 Å². The van der Waals surface area contributed by atoms with Crippen LogP contribution in [-0.4, -0.2) is 24.8 Å². The minimum atomic E-state index is -0.471. The lowest BCUT2D eigenvalue weighted by Gasteiger charge is -2.19. The van der Waals surface area contributed by atoms with Gasteiger partial charge >= 0.3 is 6.09 Å². The van der Waals surface area contributed by atoms with E-state index in [1.807, 2.05) is 45.9 Å². The molecule has 0 aliphatic rings. The van der Waals surface area contributed by atoms with Crippen molar-refractivity contribution in [3.8, 4) is 5.75 Å². The van der Waals surface area contributed by atoms with Gasteiger partial charge in [0.05, 0.1) is 6.61 Å². The highest BCUT2D eigenvalue weighted by Gasteiger charge is 2.15. The number of amides is 1. The Morgan fingerprint density at radius 3 is 2.67 bits per heavy atom. The van der Waals surface area contributed by atoms with Gasteiger partial charge in [-0.1, -0.05) is 6.07 Å². The first-order chi connectivity index (χ1) is 9.81. The van der Waals surface area contributed by atoms with Crippen LogP contribution in [0.25, 0.3) is 0 Å². The molecule has 0 radical (unpaired) electrons. The van der Waals surface area contributed by atoms with Crippen molar-refractivity contribution in [2.45, 2.75) is 46.3 Å². The molecule has 0 aliphatic heterocycles. The van der Waals surface area contributed by atoms with Crippen molar-refractivity contribution in [3.05, 3.63) is 29.3 Å². The van der Waals surface area contributed by atoms with E-state index in [0.717, 1.165) is 16.9 Å². The quantitative estimate of drug-likeness (QED) is 0.791. The fourth-order valence-electron chi connectivity index (χ4n) is 1.72. The molecule has 118 valence electrons. The Morgan fingerprint density at radius 1 is 1.33 bits per heavy atom. The molecule has 1 rings (SSSR count). The third-order valence-corrected chi connectivity index (χ3v) is 2.80. The number of nitrogens with two attached hydrogens (primary N) is 1. The third-order valence-electron chi connectivity index (χ3n) is 2.80. The Kier molecular flexibility index (Phi) is 6.49. The average molecular weight is 294 g/mol. The zero-order valence-corrected chi connectivity index (χ0v) is 13.4. The molecule has 1 aromatic carbocycles. The van der Waals surface area contributed by atoms with Gasteiger partial charge in [0.25, 0.3) is 0 Å². The molecule has 0 aromatic heterocycles. The zero-order chi connectivity index (χ0) is 15.9. The number of rotatable bonds is 6. The highest BCUT2D eigenvalue weighted by molar-refractivity contribution is 5.67. The van der Waals surface area contributed by atoms with E-state index in [9.17, 15) is 4.79 Å². The third kappa shape index (κ3) is 6.99. The van der Waals surface area contributed by atoms with Gasteiger partial charge in [-0.25, -0.2) is 4.79 Å². The van der Waals surface area contributed by atoms with Crippen LogP contribution in [0.5, 0.6) is 5.75 Å². The van der Waals surface area contributed by atoms with Gasteiger partial charge in [-0.3, -0.25) is 0 Å². The highest BCUT2D eigenvalue weighted by atomic mass is 16.6. The summed E-state index contributed by atoms with van der Waals surface area (Å²) in [7, 11) is 0. The fourth-order valence-corrected chi connectivity index (χ4v) is 1.72. The van der Waals surface area contributed by atoms with E-state index in [-0.39, 0.29) is 0 Å². The lowest BCUT2D eigenvalue weighted by molar-refractivity contribution is 0.0525. The van der Waals surface area contributed by atoms with E-state index in [1.54, 1.807) is 0 Å². The second kappa shape index (κ2) is 7.88. The minimum absolute atomic E-state index is 0.400. The lowest BCUT2D eigenvalue weighted by atomic mass is 10.1. The summed E-state index contributed by atoms with van der Waals surface area (Å²) in [6.45, 7) is 9.08. The van der Waals surface area contributed by atoms with Gasteiger partial charge in [-0.15, -0.1) is 0 Å². The first-order valence-corrected chi connectivity index (χ1v) is 7.21. The second-order valence-corrected chi connectivity index (χ2v) is 5.92. The second-order valence-electron chi connectivity index (χ2n) is 5.92. The monoisotopic (exact) mass is 294 g/mol. The predicted molar refractivity (Wildman–Crippen MR) is 83.4 cm³/mol. The lowest BCUT2D eigenvalue weighted by Crippen LogP contribution is -2.33. The Bertz CT molecular complexity index is 467. The van der Waals surface area contributed by atoms with Crippen LogP contribution in [0.2, 0.25) is 0 Å². The van der Waals surface area contributed by atoms with Crippen molar-refractivity contribution in [1.29, 1.82) is 0 Å². The molecular formula is C16H26N2O3. The van der Waals surface area contributed by atoms with Crippen molar-refractivity contribution in [3.63, 3.8) is 0 Å². The van der Waals surface area contributed by atoms with Gasteiger partial charge in [0.1, 0.15) is 11.4 Å². The van der Waals surface area contributed by atoms with E-state index in [2.05, 4.69) is 5.32 Å². The molecule has 0 unspecified atom stereocenters. The van der Waals surface area contributed by atoms with Gasteiger partial charge < -0.3 is 20.5 Å². The van der Waals surface area contributed by atoms with Crippen molar-refractivity contribution < 1.29 is 14.3 Å². The van der Waals surface area contributed by atoms with Crippen LogP contribution < -0.4 is 15.8 Å². The number of benzene rings is 1. The van der Waals surface area contributed by atoms with Crippen LogP contribution in [0.15, 0.2) is 18.2 Å². The molecule has 0 heterocycles. The molecule has 0 fully saturated rings. The SMILES string of the molecule is Cc1ccc(OCCCNC(=O)OC(C)(C)C)cc1CN. The summed E-state index contributed by atoms with van der Waals surface area (Å²) in [5.74, 6) is 0.804. The number of aryl methyl sites for hydroxylation is 1. The van der Waals surface area contributed by atoms with Gasteiger partial charge in [0.15, 0.2) is 0 Å². The minimum Gasteiger partial charge on any atom is -0.494 e. The largest absolute Gasteiger partial charge is 0.494 e. The molecular weight excluding hydrogens is 268 g/mol. The molecule has 0 spiro atoms. The number of carbonyl (C=O) groups is 1. The Morgan fingerprint density at radius 2 is 2.05 bits per heavy atom. The molecule has 0 saturated heterocycles. The summed E-state index contributed by atoms with van der Waals surface area (Å²) >= 11 is 0. The van der Waals surface area contributed by atoms with E-state index in [0.29, 0.717) is 26.1 Å². The van der Waals surface area contributed by atoms with Gasteiger partial charge in [-0.2, -0.15) is 0 Å². The average Bonchev–Trinajstić information content (AvgIpc) is 2.38. The smallest absolute Gasteiger partial charge is 0.407 e. The summed E-state index contributed by atoms with van der Waals surface area (Å²) < 4.78 is 10.8. The number of hydrogen-bond donors (Lipinski definition) is 2. The van der Waals surface area contributed by atoms with E-state index in [1.165, 1.54) is 0 Å². The van der Waals surface area contributed by atoms with Crippen LogP contribution >= 0.6 is 0 Å². The maximum Gasteiger partial charge on any atom is 0.407 e. The molecule has 21 heavy (non-hydrogen) atoms. The van der Waals surface area contributed by atoms with E-state index in [4.69, 9.17) is 15.2 Å². The molecule has 5 heteroatoms. The molecule has 3 N–H and O–H groups in total. The summed E-state index contributed by atoms with van der Waals surface area (Å²) in [5.41, 5.74) is 7.44. The summed E-state index contributed by atoms with van der Waals surface area (Å²) in [5, 5.41) is 2.70. The van der Waals surface area contributed by atoms with Crippen molar-refractivity contribution in [2.75, 3.05) is 13.2 Å². The zero-order valence-electron chi connectivity index (χ0n) is 13.4. The van der Waals surface area contributed by atoms with Crippen molar-refractivity contribution in [2.24, 2.45) is 5.73 Å². The Balaban J connectivity index is 2.24. The predicted octanol–water partition coefficient (Wildman–Crippen LogP) is 2.75. The van der Waals surface area contributed by atoms with Crippen molar-refractivity contribution >= 4 is 6.09 Å². The first kappa shape index (κ1) is 17.3. The normalized spacial score (nSPS) is 11.1. The molecule has 0 saturated carbocycles. The number of ether oxygens (including phenoxy) is 2. The molecule has 0 aliphatic carbocycles.